The van der Waals surface area contributed by atoms with Crippen LogP contribution in [0.1, 0.15) is 39.0 Å². The van der Waals surface area contributed by atoms with Gasteiger partial charge in [0.15, 0.2) is 0 Å². The predicted octanol–water partition coefficient (Wildman–Crippen LogP) is 1.52. The second-order valence-electron chi connectivity index (χ2n) is 4.93. The summed E-state index contributed by atoms with van der Waals surface area (Å²) < 4.78 is 0. The van der Waals surface area contributed by atoms with Crippen LogP contribution in [0.2, 0.25) is 0 Å². The number of rotatable bonds is 4. The molecule has 6 heteroatoms. The molecule has 1 saturated heterocycles. The number of hydrogen-bond donors (Lipinski definition) is 0. The summed E-state index contributed by atoms with van der Waals surface area (Å²) in [4.78, 5) is 44.4. The lowest BCUT2D eigenvalue weighted by Gasteiger charge is -2.33. The van der Waals surface area contributed by atoms with Gasteiger partial charge in [0.05, 0.1) is 11.3 Å². The average molecular weight is 267 g/mol. The highest BCUT2D eigenvalue weighted by Crippen LogP contribution is 2.50. The van der Waals surface area contributed by atoms with Crippen LogP contribution in [-0.4, -0.2) is 22.8 Å². The van der Waals surface area contributed by atoms with Gasteiger partial charge < -0.3 is 0 Å². The van der Waals surface area contributed by atoms with Crippen LogP contribution in [-0.2, 0) is 24.3 Å². The van der Waals surface area contributed by atoms with Crippen molar-refractivity contribution in [1.82, 2.24) is 5.06 Å². The van der Waals surface area contributed by atoms with E-state index in [9.17, 15) is 14.4 Å². The third kappa shape index (κ3) is 2.06. The minimum Gasteiger partial charge on any atom is -0.272 e. The van der Waals surface area contributed by atoms with Crippen LogP contribution in [0.5, 0.6) is 0 Å². The Balaban J connectivity index is 2.18. The molecule has 6 nitrogen and oxygen atoms in total. The lowest BCUT2D eigenvalue weighted by Crippen LogP contribution is -2.38. The van der Waals surface area contributed by atoms with Crippen molar-refractivity contribution in [2.45, 2.75) is 39.0 Å². The van der Waals surface area contributed by atoms with Crippen molar-refractivity contribution in [3.8, 4) is 0 Å². The Morgan fingerprint density at radius 1 is 1.53 bits per heavy atom. The molecule has 0 aromatic heterocycles. The minimum absolute atomic E-state index is 0.360. The number of imide groups is 1. The van der Waals surface area contributed by atoms with Gasteiger partial charge in [0, 0.05) is 6.08 Å². The van der Waals surface area contributed by atoms with Gasteiger partial charge in [-0.3, -0.25) is 14.5 Å². The summed E-state index contributed by atoms with van der Waals surface area (Å²) >= 11 is 0. The zero-order valence-electron chi connectivity index (χ0n) is 10.9. The predicted molar refractivity (Wildman–Crippen MR) is 63.9 cm³/mol. The van der Waals surface area contributed by atoms with Gasteiger partial charge >= 0.3 is 5.97 Å². The van der Waals surface area contributed by atoms with Crippen molar-refractivity contribution < 1.29 is 24.3 Å². The van der Waals surface area contributed by atoms with E-state index in [1.807, 2.05) is 6.92 Å². The molecule has 2 aliphatic rings. The second-order valence-corrected chi connectivity index (χ2v) is 4.93. The molecule has 0 bridgehead atoms. The number of carbonyl (C=O) groups excluding carboxylic acids is 3. The number of hydroxylamine groups is 2. The molecule has 0 aromatic rings. The molecule has 19 heavy (non-hydrogen) atoms. The molecule has 2 unspecified atom stereocenters. The van der Waals surface area contributed by atoms with Gasteiger partial charge in [-0.15, -0.1) is 5.06 Å². The molecule has 2 atom stereocenters. The number of hydrogen-bond acceptors (Lipinski definition) is 5. The van der Waals surface area contributed by atoms with Crippen LogP contribution in [0.25, 0.3) is 0 Å². The lowest BCUT2D eigenvalue weighted by molar-refractivity contribution is -0.363. The number of fused-ring (bicyclic) bond motifs is 1. The third-order valence-corrected chi connectivity index (χ3v) is 4.13. The van der Waals surface area contributed by atoms with E-state index in [0.29, 0.717) is 24.3 Å². The van der Waals surface area contributed by atoms with E-state index in [0.717, 1.165) is 18.9 Å². The molecule has 0 N–H and O–H groups in total. The first-order chi connectivity index (χ1) is 9.06. The molecule has 2 rings (SSSR count). The molecule has 0 aromatic carbocycles. The molecule has 2 amide bonds. The van der Waals surface area contributed by atoms with Crippen LogP contribution in [0, 0.1) is 11.3 Å². The molecule has 1 aliphatic carbocycles. The van der Waals surface area contributed by atoms with E-state index in [4.69, 9.17) is 0 Å². The number of nitrogens with zero attached hydrogens (tertiary/aromatic N) is 1. The molecule has 1 aliphatic heterocycles. The normalized spacial score (nSPS) is 30.2. The smallest absolute Gasteiger partial charge is 0.272 e. The van der Waals surface area contributed by atoms with Crippen molar-refractivity contribution in [3.63, 3.8) is 0 Å². The van der Waals surface area contributed by atoms with Gasteiger partial charge in [-0.1, -0.05) is 26.3 Å². The Kier molecular flexibility index (Phi) is 3.71. The fourth-order valence-corrected chi connectivity index (χ4v) is 3.05. The van der Waals surface area contributed by atoms with Gasteiger partial charge in [0.1, 0.15) is 0 Å². The Morgan fingerprint density at radius 2 is 2.26 bits per heavy atom. The summed E-state index contributed by atoms with van der Waals surface area (Å²) in [6, 6.07) is 0. The highest BCUT2D eigenvalue weighted by atomic mass is 17.3. The summed E-state index contributed by atoms with van der Waals surface area (Å²) in [5.41, 5.74) is -0.685. The van der Waals surface area contributed by atoms with Gasteiger partial charge in [0.25, 0.3) is 11.8 Å². The van der Waals surface area contributed by atoms with Crippen LogP contribution >= 0.6 is 0 Å². The third-order valence-electron chi connectivity index (χ3n) is 4.13. The molecule has 0 spiro atoms. The SMILES string of the molecule is C=CC(=O)OON1C(=O)C2CCCCC2(CC)C1=O. The summed E-state index contributed by atoms with van der Waals surface area (Å²) in [5.74, 6) is -2.02. The standard InChI is InChI=1S/C13H17NO5/c1-3-10(15)18-19-14-11(16)9-7-5-6-8-13(9,4-2)12(14)17/h3,9H,1,4-8H2,2H3. The van der Waals surface area contributed by atoms with Crippen molar-refractivity contribution in [3.05, 3.63) is 12.7 Å². The zero-order chi connectivity index (χ0) is 14.0. The topological polar surface area (TPSA) is 72.9 Å². The molecule has 104 valence electrons. The van der Waals surface area contributed by atoms with E-state index in [-0.39, 0.29) is 5.92 Å². The van der Waals surface area contributed by atoms with Crippen molar-refractivity contribution in [2.75, 3.05) is 0 Å². The second kappa shape index (κ2) is 5.13. The lowest BCUT2D eigenvalue weighted by atomic mass is 9.66. The van der Waals surface area contributed by atoms with E-state index in [1.54, 1.807) is 0 Å². The molecule has 1 saturated carbocycles. The van der Waals surface area contributed by atoms with Crippen molar-refractivity contribution in [1.29, 1.82) is 0 Å². The number of carbonyl (C=O) groups is 3. The van der Waals surface area contributed by atoms with E-state index in [2.05, 4.69) is 16.5 Å². The van der Waals surface area contributed by atoms with Crippen LogP contribution in [0.15, 0.2) is 12.7 Å². The molecular weight excluding hydrogens is 250 g/mol. The first-order valence-corrected chi connectivity index (χ1v) is 6.46. The maximum atomic E-state index is 12.4. The molecular formula is C13H17NO5. The Bertz CT molecular complexity index is 433. The maximum Gasteiger partial charge on any atom is 0.368 e. The molecule has 1 heterocycles. The van der Waals surface area contributed by atoms with E-state index >= 15 is 0 Å². The fraction of sp³-hybridized carbons (Fsp3) is 0.615. The Labute approximate surface area is 111 Å². The maximum absolute atomic E-state index is 12.4. The first-order valence-electron chi connectivity index (χ1n) is 6.46. The minimum atomic E-state index is -0.846. The van der Waals surface area contributed by atoms with Gasteiger partial charge in [-0.05, 0) is 24.3 Å². The monoisotopic (exact) mass is 267 g/mol. The first kappa shape index (κ1) is 13.7. The van der Waals surface area contributed by atoms with E-state index < -0.39 is 23.2 Å². The van der Waals surface area contributed by atoms with Crippen LogP contribution < -0.4 is 0 Å². The van der Waals surface area contributed by atoms with Gasteiger partial charge in [-0.25, -0.2) is 4.79 Å². The Morgan fingerprint density at radius 3 is 2.84 bits per heavy atom. The quantitative estimate of drug-likeness (QED) is 0.334. The van der Waals surface area contributed by atoms with Gasteiger partial charge in [-0.2, -0.15) is 0 Å². The van der Waals surface area contributed by atoms with Crippen LogP contribution in [0.4, 0.5) is 0 Å². The molecule has 0 radical (unpaired) electrons. The fourth-order valence-electron chi connectivity index (χ4n) is 3.05. The van der Waals surface area contributed by atoms with Crippen molar-refractivity contribution >= 4 is 17.8 Å². The zero-order valence-corrected chi connectivity index (χ0v) is 10.9. The average Bonchev–Trinajstić information content (AvgIpc) is 2.66. The van der Waals surface area contributed by atoms with Crippen molar-refractivity contribution in [2.24, 2.45) is 11.3 Å². The van der Waals surface area contributed by atoms with E-state index in [1.165, 1.54) is 0 Å². The van der Waals surface area contributed by atoms with Crippen LogP contribution in [0.3, 0.4) is 0 Å². The Hall–Kier alpha value is -1.69. The highest BCUT2D eigenvalue weighted by Gasteiger charge is 2.60. The summed E-state index contributed by atoms with van der Waals surface area (Å²) in [5, 5.41) is 0.598. The summed E-state index contributed by atoms with van der Waals surface area (Å²) in [6.45, 7) is 5.09. The summed E-state index contributed by atoms with van der Waals surface area (Å²) in [7, 11) is 0. The number of amides is 2. The molecule has 2 fully saturated rings. The van der Waals surface area contributed by atoms with Gasteiger partial charge in [0.2, 0.25) is 0 Å². The largest absolute Gasteiger partial charge is 0.368 e. The summed E-state index contributed by atoms with van der Waals surface area (Å²) in [6.07, 6.45) is 4.67. The highest BCUT2D eigenvalue weighted by molar-refractivity contribution is 6.06.